The Morgan fingerprint density at radius 3 is 2.61 bits per heavy atom. The molecule has 0 spiro atoms. The monoisotopic (exact) mass is 377 g/mol. The van der Waals surface area contributed by atoms with Crippen LogP contribution in [-0.4, -0.2) is 29.3 Å². The second-order valence-electron chi connectivity index (χ2n) is 5.01. The summed E-state index contributed by atoms with van der Waals surface area (Å²) >= 11 is 3.33. The summed E-state index contributed by atoms with van der Waals surface area (Å²) in [6, 6.07) is 7.33. The fourth-order valence-electron chi connectivity index (χ4n) is 2.39. The average molecular weight is 378 g/mol. The summed E-state index contributed by atoms with van der Waals surface area (Å²) in [6.07, 6.45) is -0.0635. The van der Waals surface area contributed by atoms with Crippen molar-refractivity contribution in [2.45, 2.75) is 19.9 Å². The molecule has 0 N–H and O–H groups in total. The van der Waals surface area contributed by atoms with Crippen LogP contribution in [0.4, 0.5) is 0 Å². The summed E-state index contributed by atoms with van der Waals surface area (Å²) < 4.78 is 5.81. The third-order valence-corrected chi connectivity index (χ3v) is 4.06. The van der Waals surface area contributed by atoms with Gasteiger partial charge in [-0.3, -0.25) is 14.5 Å². The van der Waals surface area contributed by atoms with E-state index in [0.29, 0.717) is 0 Å². The van der Waals surface area contributed by atoms with E-state index in [9.17, 15) is 14.4 Å². The van der Waals surface area contributed by atoms with Gasteiger partial charge in [-0.15, -0.1) is 5.73 Å². The van der Waals surface area contributed by atoms with Crippen molar-refractivity contribution in [2.75, 3.05) is 6.61 Å². The molecule has 120 valence electrons. The Hall–Kier alpha value is -2.17. The van der Waals surface area contributed by atoms with Gasteiger partial charge >= 0.3 is 5.97 Å². The highest BCUT2D eigenvalue weighted by Gasteiger charge is 2.42. The smallest absolute Gasteiger partial charge is 0.342 e. The van der Waals surface area contributed by atoms with Crippen molar-refractivity contribution in [2.24, 2.45) is 5.92 Å². The Morgan fingerprint density at radius 1 is 1.39 bits per heavy atom. The first-order valence-corrected chi connectivity index (χ1v) is 7.93. The molecule has 0 bridgehead atoms. The van der Waals surface area contributed by atoms with Gasteiger partial charge in [-0.05, 0) is 24.6 Å². The normalized spacial score (nSPS) is 17.1. The lowest BCUT2D eigenvalue weighted by atomic mass is 9.98. The van der Waals surface area contributed by atoms with Crippen molar-refractivity contribution in [3.63, 3.8) is 0 Å². The molecule has 1 aromatic rings. The summed E-state index contributed by atoms with van der Waals surface area (Å²) in [6.45, 7) is 5.46. The zero-order valence-electron chi connectivity index (χ0n) is 12.7. The standard InChI is InChI=1S/C17H16BrNO4/c1-3-13(17(22)23-4-2)14-9-15(20)19(16(14)21)10-11-5-7-12(18)8-6-11/h5-8,14H,1,4,9-10H2,2H3/t14-/m1/s1. The average Bonchev–Trinajstić information content (AvgIpc) is 2.79. The van der Waals surface area contributed by atoms with Crippen LogP contribution in [-0.2, 0) is 25.7 Å². The molecule has 2 rings (SSSR count). The van der Waals surface area contributed by atoms with E-state index >= 15 is 0 Å². The van der Waals surface area contributed by atoms with E-state index in [1.54, 1.807) is 6.92 Å². The maximum Gasteiger partial charge on any atom is 0.342 e. The van der Waals surface area contributed by atoms with E-state index in [1.807, 2.05) is 24.3 Å². The molecule has 2 amide bonds. The van der Waals surface area contributed by atoms with Crippen molar-refractivity contribution in [1.29, 1.82) is 0 Å². The third kappa shape index (κ3) is 3.78. The number of rotatable bonds is 5. The van der Waals surface area contributed by atoms with Crippen molar-refractivity contribution in [3.8, 4) is 0 Å². The number of imide groups is 1. The van der Waals surface area contributed by atoms with Gasteiger partial charge in [-0.25, -0.2) is 4.79 Å². The molecule has 1 aliphatic heterocycles. The molecule has 0 aliphatic carbocycles. The van der Waals surface area contributed by atoms with Gasteiger partial charge in [0.2, 0.25) is 11.8 Å². The Bertz CT molecular complexity index is 689. The Morgan fingerprint density at radius 2 is 2.04 bits per heavy atom. The van der Waals surface area contributed by atoms with Crippen molar-refractivity contribution in [3.05, 3.63) is 52.2 Å². The Balaban J connectivity index is 2.17. The highest BCUT2D eigenvalue weighted by atomic mass is 79.9. The molecular weight excluding hydrogens is 362 g/mol. The quantitative estimate of drug-likeness (QED) is 0.342. The van der Waals surface area contributed by atoms with Gasteiger partial charge in [0.15, 0.2) is 0 Å². The minimum absolute atomic E-state index is 0.0171. The predicted octanol–water partition coefficient (Wildman–Crippen LogP) is 2.60. The van der Waals surface area contributed by atoms with Gasteiger partial charge in [-0.2, -0.15) is 0 Å². The van der Waals surface area contributed by atoms with E-state index in [-0.39, 0.29) is 31.1 Å². The van der Waals surface area contributed by atoms with Gasteiger partial charge in [0.25, 0.3) is 0 Å². The van der Waals surface area contributed by atoms with E-state index in [1.165, 1.54) is 0 Å². The highest BCUT2D eigenvalue weighted by molar-refractivity contribution is 9.10. The molecule has 1 aliphatic rings. The van der Waals surface area contributed by atoms with Crippen LogP contribution in [0.1, 0.15) is 18.9 Å². The second kappa shape index (κ2) is 7.40. The minimum atomic E-state index is -0.866. The lowest BCUT2D eigenvalue weighted by molar-refractivity contribution is -0.143. The molecule has 1 heterocycles. The lowest BCUT2D eigenvalue weighted by Gasteiger charge is -2.15. The number of carbonyl (C=O) groups is 3. The van der Waals surface area contributed by atoms with Crippen LogP contribution in [0.15, 0.2) is 46.6 Å². The van der Waals surface area contributed by atoms with Crippen LogP contribution in [0, 0.1) is 5.92 Å². The van der Waals surface area contributed by atoms with E-state index < -0.39 is 17.8 Å². The van der Waals surface area contributed by atoms with Crippen molar-refractivity contribution < 1.29 is 19.1 Å². The molecule has 0 saturated carbocycles. The molecule has 6 heteroatoms. The zero-order chi connectivity index (χ0) is 17.0. The van der Waals surface area contributed by atoms with Crippen molar-refractivity contribution >= 4 is 33.7 Å². The molecule has 0 unspecified atom stereocenters. The van der Waals surface area contributed by atoms with Gasteiger partial charge < -0.3 is 4.74 Å². The molecule has 1 aromatic carbocycles. The van der Waals surface area contributed by atoms with Gasteiger partial charge in [0.05, 0.1) is 24.6 Å². The van der Waals surface area contributed by atoms with Gasteiger partial charge in [-0.1, -0.05) is 34.6 Å². The number of esters is 1. The maximum absolute atomic E-state index is 12.5. The fourth-order valence-corrected chi connectivity index (χ4v) is 2.66. The lowest BCUT2D eigenvalue weighted by Crippen LogP contribution is -2.31. The molecule has 1 atom stereocenters. The Labute approximate surface area is 142 Å². The number of benzene rings is 1. The van der Waals surface area contributed by atoms with Crippen LogP contribution in [0.3, 0.4) is 0 Å². The first-order valence-electron chi connectivity index (χ1n) is 7.13. The molecule has 1 saturated heterocycles. The zero-order valence-corrected chi connectivity index (χ0v) is 14.3. The molecule has 0 radical (unpaired) electrons. The highest BCUT2D eigenvalue weighted by Crippen LogP contribution is 2.28. The minimum Gasteiger partial charge on any atom is -0.462 e. The molecular formula is C17H16BrNO4. The summed E-state index contributed by atoms with van der Waals surface area (Å²) in [5.74, 6) is -2.26. The van der Waals surface area contributed by atoms with Crippen LogP contribution < -0.4 is 0 Å². The first kappa shape index (κ1) is 17.2. The second-order valence-corrected chi connectivity index (χ2v) is 5.93. The molecule has 5 nitrogen and oxygen atoms in total. The Kier molecular flexibility index (Phi) is 5.53. The number of ether oxygens (including phenoxy) is 1. The number of halogens is 1. The number of hydrogen-bond donors (Lipinski definition) is 0. The SMILES string of the molecule is C=C=C(C(=O)OCC)[C@H]1CC(=O)N(Cc2ccc(Br)cc2)C1=O. The largest absolute Gasteiger partial charge is 0.462 e. The summed E-state index contributed by atoms with van der Waals surface area (Å²) in [5.41, 5.74) is 3.30. The number of amides is 2. The van der Waals surface area contributed by atoms with E-state index in [2.05, 4.69) is 28.2 Å². The summed E-state index contributed by atoms with van der Waals surface area (Å²) in [4.78, 5) is 37.7. The maximum atomic E-state index is 12.5. The predicted molar refractivity (Wildman–Crippen MR) is 87.1 cm³/mol. The van der Waals surface area contributed by atoms with Crippen LogP contribution in [0.25, 0.3) is 0 Å². The number of nitrogens with zero attached hydrogens (tertiary/aromatic N) is 1. The number of likely N-dealkylation sites (tertiary alicyclic amines) is 1. The molecule has 0 aromatic heterocycles. The molecule has 23 heavy (non-hydrogen) atoms. The van der Waals surface area contributed by atoms with Gasteiger partial charge in [0, 0.05) is 10.9 Å². The first-order chi connectivity index (χ1) is 11.0. The molecule has 1 fully saturated rings. The van der Waals surface area contributed by atoms with Gasteiger partial charge in [0.1, 0.15) is 0 Å². The number of carbonyl (C=O) groups excluding carboxylic acids is 3. The van der Waals surface area contributed by atoms with Crippen LogP contribution in [0.5, 0.6) is 0 Å². The van der Waals surface area contributed by atoms with E-state index in [0.717, 1.165) is 14.9 Å². The summed E-state index contributed by atoms with van der Waals surface area (Å²) in [5, 5.41) is 0. The van der Waals surface area contributed by atoms with Crippen LogP contribution in [0.2, 0.25) is 0 Å². The van der Waals surface area contributed by atoms with E-state index in [4.69, 9.17) is 4.74 Å². The van der Waals surface area contributed by atoms with Crippen LogP contribution >= 0.6 is 15.9 Å². The van der Waals surface area contributed by atoms with Crippen molar-refractivity contribution in [1.82, 2.24) is 4.90 Å². The number of hydrogen-bond acceptors (Lipinski definition) is 4. The fraction of sp³-hybridized carbons (Fsp3) is 0.294. The third-order valence-electron chi connectivity index (χ3n) is 3.53. The summed E-state index contributed by atoms with van der Waals surface area (Å²) in [7, 11) is 0. The topological polar surface area (TPSA) is 63.7 Å².